The number of nitrogens with zero attached hydrogens (tertiary/aromatic N) is 5. The SMILES string of the molecule is CC(CC[N+]1=C(/C=C/C2=C(Oc3ccc(C[C@H](NC(=O)c4ccc(NCc5cnc6nc(N)[nH]c(=O)c6n5)cc4)C(=O)O)cc3)C(=C/C=C3/N(CCC(C)S(=O)(=O)O)c4ccc5ccccc5c4C3(C)C)/CCC2)C(C)(C)c2c1ccc1ccccc21)S(=O)(=O)[O-]. The smallest absolute Gasteiger partial charge is 0.326 e. The predicted octanol–water partition coefficient (Wildman–Crippen LogP) is 10.7. The number of amides is 1. The van der Waals surface area contributed by atoms with Gasteiger partial charge in [-0.3, -0.25) is 19.1 Å². The number of carboxylic acids is 1. The van der Waals surface area contributed by atoms with E-state index in [2.05, 4.69) is 141 Å². The number of hydrogen-bond donors (Lipinski definition) is 6. The van der Waals surface area contributed by atoms with Crippen LogP contribution in [-0.4, -0.2) is 103 Å². The Bertz CT molecular complexity index is 4690. The molecule has 1 amide bonds. The largest absolute Gasteiger partial charge is 0.748 e. The Morgan fingerprint density at radius 3 is 2.19 bits per heavy atom. The minimum atomic E-state index is -4.56. The third-order valence-electron chi connectivity index (χ3n) is 17.7. The van der Waals surface area contributed by atoms with Crippen LogP contribution in [-0.2, 0) is 48.8 Å². The molecule has 4 heterocycles. The summed E-state index contributed by atoms with van der Waals surface area (Å²) in [6.07, 6.45) is 11.9. The number of anilines is 3. The maximum absolute atomic E-state index is 13.6. The Balaban J connectivity index is 0.908. The molecule has 2 aromatic heterocycles. The van der Waals surface area contributed by atoms with E-state index in [1.165, 1.54) is 20.0 Å². The van der Waals surface area contributed by atoms with Crippen molar-refractivity contribution in [1.29, 1.82) is 0 Å². The second kappa shape index (κ2) is 25.1. The maximum Gasteiger partial charge on any atom is 0.326 e. The molecule has 0 fully saturated rings. The highest BCUT2D eigenvalue weighted by atomic mass is 32.2. The molecule has 8 aromatic rings. The van der Waals surface area contributed by atoms with Crippen molar-refractivity contribution in [1.82, 2.24) is 25.3 Å². The second-order valence-corrected chi connectivity index (χ2v) is 28.1. The number of hydrogen-bond acceptors (Lipinski definition) is 15. The summed E-state index contributed by atoms with van der Waals surface area (Å²) in [5.74, 6) is -0.845. The van der Waals surface area contributed by atoms with Gasteiger partial charge in [-0.15, -0.1) is 0 Å². The number of nitrogens with one attached hydrogen (secondary N) is 3. The third kappa shape index (κ3) is 13.2. The molecule has 0 saturated heterocycles. The van der Waals surface area contributed by atoms with E-state index in [0.717, 1.165) is 73.0 Å². The molecule has 20 nitrogen and oxygen atoms in total. The van der Waals surface area contributed by atoms with Crippen LogP contribution in [0.1, 0.15) is 106 Å². The van der Waals surface area contributed by atoms with Gasteiger partial charge in [0.2, 0.25) is 11.6 Å². The zero-order chi connectivity index (χ0) is 64.7. The minimum absolute atomic E-state index is 0.0397. The molecule has 2 aliphatic heterocycles. The van der Waals surface area contributed by atoms with Gasteiger partial charge < -0.3 is 35.7 Å². The molecule has 3 aliphatic rings. The van der Waals surface area contributed by atoms with E-state index in [1.807, 2.05) is 24.3 Å². The summed E-state index contributed by atoms with van der Waals surface area (Å²) in [6.45, 7) is 12.3. The molecule has 1 aliphatic carbocycles. The van der Waals surface area contributed by atoms with Crippen LogP contribution < -0.4 is 31.6 Å². The summed E-state index contributed by atoms with van der Waals surface area (Å²) < 4.78 is 80.8. The van der Waals surface area contributed by atoms with E-state index >= 15 is 0 Å². The van der Waals surface area contributed by atoms with E-state index in [-0.39, 0.29) is 55.0 Å². The van der Waals surface area contributed by atoms with Crippen LogP contribution in [0.3, 0.4) is 0 Å². The van der Waals surface area contributed by atoms with Gasteiger partial charge in [-0.05, 0) is 158 Å². The summed E-state index contributed by atoms with van der Waals surface area (Å²) in [6, 6.07) is 36.8. The highest BCUT2D eigenvalue weighted by Gasteiger charge is 2.46. The molecule has 22 heteroatoms. The van der Waals surface area contributed by atoms with Gasteiger partial charge in [-0.1, -0.05) is 86.7 Å². The fourth-order valence-corrected chi connectivity index (χ4v) is 13.5. The average Bonchev–Trinajstić information content (AvgIpc) is 1.59. The first-order valence-electron chi connectivity index (χ1n) is 30.1. The molecule has 6 aromatic carbocycles. The van der Waals surface area contributed by atoms with Crippen LogP contribution in [0.2, 0.25) is 0 Å². The summed E-state index contributed by atoms with van der Waals surface area (Å²) in [5, 5.41) is 18.4. The van der Waals surface area contributed by atoms with Crippen LogP contribution in [0.4, 0.5) is 23.0 Å². The number of carbonyl (C=O) groups is 2. The number of nitrogen functional groups attached to an aromatic ring is 1. The van der Waals surface area contributed by atoms with E-state index in [1.54, 1.807) is 48.5 Å². The zero-order valence-electron chi connectivity index (χ0n) is 51.2. The molecule has 0 spiro atoms. The summed E-state index contributed by atoms with van der Waals surface area (Å²) in [5.41, 5.74) is 13.6. The molecule has 0 saturated carbocycles. The minimum Gasteiger partial charge on any atom is -0.748 e. The number of ether oxygens (including phenoxy) is 1. The molecule has 0 radical (unpaired) electrons. The first-order valence-corrected chi connectivity index (χ1v) is 33.1. The number of rotatable bonds is 21. The van der Waals surface area contributed by atoms with Gasteiger partial charge in [-0.2, -0.15) is 18.0 Å². The molecule has 2 unspecified atom stereocenters. The Kier molecular flexibility index (Phi) is 17.5. The zero-order valence-corrected chi connectivity index (χ0v) is 52.9. The second-order valence-electron chi connectivity index (χ2n) is 24.5. The lowest BCUT2D eigenvalue weighted by molar-refractivity contribution is -0.438. The Hall–Kier alpha value is -9.35. The van der Waals surface area contributed by atoms with Crippen molar-refractivity contribution >= 4 is 93.5 Å². The number of carboxylic acid groups (broad SMARTS) is 1. The summed E-state index contributed by atoms with van der Waals surface area (Å²) in [4.78, 5) is 55.8. The van der Waals surface area contributed by atoms with Crippen molar-refractivity contribution in [3.63, 3.8) is 0 Å². The van der Waals surface area contributed by atoms with Crippen molar-refractivity contribution in [2.24, 2.45) is 0 Å². The van der Waals surface area contributed by atoms with Gasteiger partial charge in [-0.25, -0.2) is 23.2 Å². The number of carbonyl (C=O) groups excluding carboxylic acids is 1. The van der Waals surface area contributed by atoms with Gasteiger partial charge >= 0.3 is 5.97 Å². The van der Waals surface area contributed by atoms with Crippen LogP contribution in [0.5, 0.6) is 5.75 Å². The fourth-order valence-electron chi connectivity index (χ4n) is 12.7. The van der Waals surface area contributed by atoms with Crippen molar-refractivity contribution < 1.29 is 49.9 Å². The predicted molar refractivity (Wildman–Crippen MR) is 352 cm³/mol. The topological polar surface area (TPSA) is 303 Å². The average molecular weight is 1270 g/mol. The third-order valence-corrected chi connectivity index (χ3v) is 20.2. The first-order chi connectivity index (χ1) is 43.3. The van der Waals surface area contributed by atoms with Crippen molar-refractivity contribution in [2.45, 2.75) is 114 Å². The fraction of sp³-hybridized carbons (Fsp3) is 0.290. The highest BCUT2D eigenvalue weighted by Crippen LogP contribution is 2.51. The Labute approximate surface area is 527 Å². The number of H-pyrrole nitrogens is 1. The highest BCUT2D eigenvalue weighted by molar-refractivity contribution is 7.86. The van der Waals surface area contributed by atoms with Gasteiger partial charge in [0.15, 0.2) is 23.4 Å². The maximum atomic E-state index is 13.6. The van der Waals surface area contributed by atoms with E-state index in [0.29, 0.717) is 47.8 Å². The monoisotopic (exact) mass is 1270 g/mol. The van der Waals surface area contributed by atoms with Gasteiger partial charge in [0.25, 0.3) is 21.6 Å². The molecular weight excluding hydrogens is 1190 g/mol. The Morgan fingerprint density at radius 2 is 1.51 bits per heavy atom. The normalized spacial score (nSPS) is 17.5. The lowest BCUT2D eigenvalue weighted by atomic mass is 9.78. The van der Waals surface area contributed by atoms with Crippen LogP contribution in [0.25, 0.3) is 32.7 Å². The van der Waals surface area contributed by atoms with Crippen LogP contribution >= 0.6 is 0 Å². The lowest BCUT2D eigenvalue weighted by Gasteiger charge is -2.28. The summed E-state index contributed by atoms with van der Waals surface area (Å²) in [7, 11) is -8.88. The van der Waals surface area contributed by atoms with Gasteiger partial charge in [0.1, 0.15) is 17.6 Å². The van der Waals surface area contributed by atoms with Gasteiger partial charge in [0, 0.05) is 65.1 Å². The van der Waals surface area contributed by atoms with Crippen molar-refractivity contribution in [2.75, 3.05) is 29.0 Å². The van der Waals surface area contributed by atoms with E-state index < -0.39 is 65.0 Å². The number of aromatic amines is 1. The first kappa shape index (κ1) is 63.2. The number of allylic oxidation sites excluding steroid dienone is 7. The molecule has 0 bridgehead atoms. The van der Waals surface area contributed by atoms with E-state index in [4.69, 9.17) is 10.5 Å². The number of aliphatic carboxylic acids is 1. The van der Waals surface area contributed by atoms with E-state index in [9.17, 15) is 45.4 Å². The number of fused-ring (bicyclic) bond motifs is 7. The van der Waals surface area contributed by atoms with Crippen molar-refractivity contribution in [3.8, 4) is 5.75 Å². The molecule has 7 N–H and O–H groups in total. The van der Waals surface area contributed by atoms with Crippen LogP contribution in [0.15, 0.2) is 179 Å². The van der Waals surface area contributed by atoms with Gasteiger partial charge in [0.05, 0.1) is 44.5 Å². The number of nitrogens with two attached hydrogens (primary N) is 1. The van der Waals surface area contributed by atoms with Crippen LogP contribution in [0, 0.1) is 0 Å². The molecular formula is C69H71N9O11S2. The Morgan fingerprint density at radius 1 is 0.824 bits per heavy atom. The quantitative estimate of drug-likeness (QED) is 0.0288. The molecule has 3 atom stereocenters. The summed E-state index contributed by atoms with van der Waals surface area (Å²) >= 11 is 0. The lowest BCUT2D eigenvalue weighted by Crippen LogP contribution is -2.42. The molecule has 11 rings (SSSR count). The number of benzene rings is 6. The molecule has 470 valence electrons. The number of aromatic nitrogens is 4. The van der Waals surface area contributed by atoms with Crippen molar-refractivity contribution in [3.05, 3.63) is 213 Å². The standard InChI is InChI=1S/C69H71N9O11S2/c1-41(90(83,84)85)34-36-77-55-30-22-44-12-7-9-16-52(44)59(55)68(3,4)57(77)32-24-46-14-11-15-47(25-33-58-69(5,6)60-53-17-10-8-13-45(53)23-31-56(60)78(58)37-35-42(2)91(86,87)88)62(46)89-51-28-18-43(19-29-51)38-54(66(81)82)74-64(79)48-20-26-49(27-21-48)71-39-50-40-72-63-61(73-50)65(80)76-67(70)75-63/h7-10,12-13,16-33,40-42,54H,11,14-15,34-39H2,1-6H3,(H7-,70,71,72,74,75,76,79,80,81,82,83,84,85,86,87,88)/t41?,42?,54-/m0/s1. The molecule has 91 heavy (non-hydrogen) atoms.